The van der Waals surface area contributed by atoms with Crippen LogP contribution in [0.1, 0.15) is 16.7 Å². The molecule has 0 bridgehead atoms. The summed E-state index contributed by atoms with van der Waals surface area (Å²) in [6, 6.07) is 11.5. The van der Waals surface area contributed by atoms with E-state index in [-0.39, 0.29) is 24.8 Å². The molecular formula is C16H16FNO2. The van der Waals surface area contributed by atoms with Crippen molar-refractivity contribution < 1.29 is 13.9 Å². The Kier molecular flexibility index (Phi) is 4.35. The molecule has 2 rings (SSSR count). The highest BCUT2D eigenvalue weighted by Crippen LogP contribution is 2.12. The molecule has 0 unspecified atom stereocenters. The molecule has 4 heteroatoms. The topological polar surface area (TPSA) is 52.3 Å². The SMILES string of the molecule is Cc1cc(F)ccc1COC(=O)Cc1ccc(N)cc1. The number of nitrogen functional groups attached to an aromatic ring is 1. The number of hydrogen-bond acceptors (Lipinski definition) is 3. The van der Waals surface area contributed by atoms with E-state index in [2.05, 4.69) is 0 Å². The van der Waals surface area contributed by atoms with E-state index in [1.807, 2.05) is 0 Å². The van der Waals surface area contributed by atoms with E-state index in [4.69, 9.17) is 10.5 Å². The van der Waals surface area contributed by atoms with Crippen molar-refractivity contribution in [2.45, 2.75) is 20.0 Å². The summed E-state index contributed by atoms with van der Waals surface area (Å²) < 4.78 is 18.1. The molecule has 0 aliphatic rings. The summed E-state index contributed by atoms with van der Waals surface area (Å²) in [5, 5.41) is 0. The second-order valence-corrected chi connectivity index (χ2v) is 4.65. The molecule has 0 aromatic heterocycles. The number of carbonyl (C=O) groups excluding carboxylic acids is 1. The highest BCUT2D eigenvalue weighted by Gasteiger charge is 2.07. The fourth-order valence-corrected chi connectivity index (χ4v) is 1.83. The summed E-state index contributed by atoms with van der Waals surface area (Å²) in [7, 11) is 0. The molecule has 0 atom stereocenters. The van der Waals surface area contributed by atoms with Crippen LogP contribution in [0.25, 0.3) is 0 Å². The lowest BCUT2D eigenvalue weighted by atomic mass is 10.1. The van der Waals surface area contributed by atoms with Gasteiger partial charge in [-0.1, -0.05) is 18.2 Å². The Morgan fingerprint density at radius 1 is 1.20 bits per heavy atom. The van der Waals surface area contributed by atoms with Crippen LogP contribution in [0.4, 0.5) is 10.1 Å². The van der Waals surface area contributed by atoms with Gasteiger partial charge in [0, 0.05) is 5.69 Å². The summed E-state index contributed by atoms with van der Waals surface area (Å²) >= 11 is 0. The Hall–Kier alpha value is -2.36. The maximum Gasteiger partial charge on any atom is 0.310 e. The lowest BCUT2D eigenvalue weighted by Gasteiger charge is -2.08. The molecule has 0 aliphatic carbocycles. The summed E-state index contributed by atoms with van der Waals surface area (Å²) in [6.45, 7) is 1.94. The number of ether oxygens (including phenoxy) is 1. The number of benzene rings is 2. The highest BCUT2D eigenvalue weighted by molar-refractivity contribution is 5.72. The summed E-state index contributed by atoms with van der Waals surface area (Å²) in [4.78, 5) is 11.7. The zero-order valence-electron chi connectivity index (χ0n) is 11.2. The van der Waals surface area contributed by atoms with Gasteiger partial charge in [0.05, 0.1) is 6.42 Å². The van der Waals surface area contributed by atoms with E-state index in [1.165, 1.54) is 12.1 Å². The van der Waals surface area contributed by atoms with Crippen LogP contribution in [0.5, 0.6) is 0 Å². The minimum absolute atomic E-state index is 0.153. The van der Waals surface area contributed by atoms with Crippen molar-refractivity contribution in [1.29, 1.82) is 0 Å². The molecule has 0 radical (unpaired) electrons. The molecule has 104 valence electrons. The number of carbonyl (C=O) groups is 1. The Bertz CT molecular complexity index is 608. The molecule has 3 nitrogen and oxygen atoms in total. The predicted octanol–water partition coefficient (Wildman–Crippen LogP) is 3.00. The van der Waals surface area contributed by atoms with Gasteiger partial charge in [0.2, 0.25) is 0 Å². The molecule has 20 heavy (non-hydrogen) atoms. The van der Waals surface area contributed by atoms with Gasteiger partial charge in [-0.3, -0.25) is 4.79 Å². The van der Waals surface area contributed by atoms with Crippen LogP contribution in [-0.4, -0.2) is 5.97 Å². The third-order valence-corrected chi connectivity index (χ3v) is 3.02. The molecule has 0 saturated carbocycles. The van der Waals surface area contributed by atoms with Crippen LogP contribution in [0.3, 0.4) is 0 Å². The molecule has 2 N–H and O–H groups in total. The van der Waals surface area contributed by atoms with Crippen LogP contribution in [0.2, 0.25) is 0 Å². The molecule has 0 aliphatic heterocycles. The smallest absolute Gasteiger partial charge is 0.310 e. The quantitative estimate of drug-likeness (QED) is 0.688. The number of halogens is 1. The van der Waals surface area contributed by atoms with E-state index < -0.39 is 0 Å². The van der Waals surface area contributed by atoms with E-state index in [9.17, 15) is 9.18 Å². The second-order valence-electron chi connectivity index (χ2n) is 4.65. The van der Waals surface area contributed by atoms with Gasteiger partial charge in [-0.2, -0.15) is 0 Å². The van der Waals surface area contributed by atoms with Crippen molar-refractivity contribution in [1.82, 2.24) is 0 Å². The lowest BCUT2D eigenvalue weighted by Crippen LogP contribution is -2.08. The van der Waals surface area contributed by atoms with E-state index in [1.54, 1.807) is 37.3 Å². The van der Waals surface area contributed by atoms with Gasteiger partial charge in [0.25, 0.3) is 0 Å². The maximum atomic E-state index is 12.9. The molecule has 2 aromatic rings. The fourth-order valence-electron chi connectivity index (χ4n) is 1.83. The van der Waals surface area contributed by atoms with Crippen molar-refractivity contribution in [2.75, 3.05) is 5.73 Å². The Labute approximate surface area is 117 Å². The Morgan fingerprint density at radius 2 is 1.90 bits per heavy atom. The van der Waals surface area contributed by atoms with Crippen molar-refractivity contribution in [3.8, 4) is 0 Å². The van der Waals surface area contributed by atoms with Gasteiger partial charge in [0.15, 0.2) is 0 Å². The largest absolute Gasteiger partial charge is 0.461 e. The van der Waals surface area contributed by atoms with E-state index >= 15 is 0 Å². The average Bonchev–Trinajstić information content (AvgIpc) is 2.40. The van der Waals surface area contributed by atoms with E-state index in [0.29, 0.717) is 5.69 Å². The van der Waals surface area contributed by atoms with Crippen molar-refractivity contribution in [3.05, 3.63) is 65.0 Å². The third-order valence-electron chi connectivity index (χ3n) is 3.02. The molecule has 0 amide bonds. The number of esters is 1. The molecular weight excluding hydrogens is 257 g/mol. The summed E-state index contributed by atoms with van der Waals surface area (Å²) in [5.41, 5.74) is 8.65. The standard InChI is InChI=1S/C16H16FNO2/c1-11-8-14(17)5-4-13(11)10-20-16(19)9-12-2-6-15(18)7-3-12/h2-8H,9-10,18H2,1H3. The Morgan fingerprint density at radius 3 is 2.55 bits per heavy atom. The van der Waals surface area contributed by atoms with Gasteiger partial charge in [-0.05, 0) is 47.9 Å². The van der Waals surface area contributed by atoms with Crippen LogP contribution >= 0.6 is 0 Å². The monoisotopic (exact) mass is 273 g/mol. The fraction of sp³-hybridized carbons (Fsp3) is 0.188. The second kappa shape index (κ2) is 6.19. The zero-order chi connectivity index (χ0) is 14.5. The van der Waals surface area contributed by atoms with Crippen LogP contribution in [-0.2, 0) is 22.6 Å². The first kappa shape index (κ1) is 14.1. The third kappa shape index (κ3) is 3.82. The first-order valence-corrected chi connectivity index (χ1v) is 6.29. The predicted molar refractivity (Wildman–Crippen MR) is 75.5 cm³/mol. The first-order chi connectivity index (χ1) is 9.54. The average molecular weight is 273 g/mol. The minimum Gasteiger partial charge on any atom is -0.461 e. The van der Waals surface area contributed by atoms with Gasteiger partial charge >= 0.3 is 5.97 Å². The zero-order valence-corrected chi connectivity index (χ0v) is 11.2. The van der Waals surface area contributed by atoms with Gasteiger partial charge in [0.1, 0.15) is 12.4 Å². The Balaban J connectivity index is 1.90. The molecule has 0 saturated heterocycles. The lowest BCUT2D eigenvalue weighted by molar-refractivity contribution is -0.144. The molecule has 0 heterocycles. The van der Waals surface area contributed by atoms with Gasteiger partial charge in [-0.25, -0.2) is 4.39 Å². The van der Waals surface area contributed by atoms with Crippen LogP contribution < -0.4 is 5.73 Å². The molecule has 0 spiro atoms. The summed E-state index contributed by atoms with van der Waals surface area (Å²) in [5.74, 6) is -0.613. The molecule has 0 fully saturated rings. The first-order valence-electron chi connectivity index (χ1n) is 6.29. The molecule has 2 aromatic carbocycles. The number of nitrogens with two attached hydrogens (primary N) is 1. The van der Waals surface area contributed by atoms with Gasteiger partial charge < -0.3 is 10.5 Å². The number of anilines is 1. The van der Waals surface area contributed by atoms with Crippen molar-refractivity contribution >= 4 is 11.7 Å². The van der Waals surface area contributed by atoms with E-state index in [0.717, 1.165) is 16.7 Å². The number of aryl methyl sites for hydroxylation is 1. The van der Waals surface area contributed by atoms with Crippen molar-refractivity contribution in [2.24, 2.45) is 0 Å². The minimum atomic E-state index is -0.321. The normalized spacial score (nSPS) is 10.3. The van der Waals surface area contributed by atoms with Crippen LogP contribution in [0, 0.1) is 12.7 Å². The van der Waals surface area contributed by atoms with Gasteiger partial charge in [-0.15, -0.1) is 0 Å². The highest BCUT2D eigenvalue weighted by atomic mass is 19.1. The number of rotatable bonds is 4. The van der Waals surface area contributed by atoms with Crippen molar-refractivity contribution in [3.63, 3.8) is 0 Å². The van der Waals surface area contributed by atoms with Crippen LogP contribution in [0.15, 0.2) is 42.5 Å². The number of hydrogen-bond donors (Lipinski definition) is 1. The summed E-state index contributed by atoms with van der Waals surface area (Å²) in [6.07, 6.45) is 0.195. The maximum absolute atomic E-state index is 12.9.